The summed E-state index contributed by atoms with van der Waals surface area (Å²) in [6.45, 7) is 3.69. The van der Waals surface area contributed by atoms with E-state index in [1.54, 1.807) is 22.9 Å². The molecule has 1 heterocycles. The van der Waals surface area contributed by atoms with Gasteiger partial charge < -0.3 is 9.64 Å². The van der Waals surface area contributed by atoms with Crippen LogP contribution in [0.3, 0.4) is 0 Å². The van der Waals surface area contributed by atoms with Crippen molar-refractivity contribution in [2.75, 3.05) is 32.1 Å². The molecule has 1 rings (SSSR count). The van der Waals surface area contributed by atoms with Gasteiger partial charge in [-0.1, -0.05) is 15.9 Å². The fourth-order valence-electron chi connectivity index (χ4n) is 1.50. The van der Waals surface area contributed by atoms with Crippen LogP contribution < -0.4 is 0 Å². The van der Waals surface area contributed by atoms with Gasteiger partial charge in [-0.3, -0.25) is 9.48 Å². The molecule has 0 aliphatic heterocycles. The number of amides is 1. The van der Waals surface area contributed by atoms with E-state index in [0.29, 0.717) is 25.3 Å². The Bertz CT molecular complexity index is 379. The molecule has 1 aromatic heterocycles. The Morgan fingerprint density at radius 2 is 2.29 bits per heavy atom. The molecule has 0 N–H and O–H groups in total. The molecular formula is C11H18BrN3O2. The van der Waals surface area contributed by atoms with E-state index in [-0.39, 0.29) is 5.91 Å². The first-order chi connectivity index (χ1) is 8.11. The van der Waals surface area contributed by atoms with E-state index in [2.05, 4.69) is 21.0 Å². The van der Waals surface area contributed by atoms with Gasteiger partial charge in [0.15, 0.2) is 0 Å². The van der Waals surface area contributed by atoms with Crippen LogP contribution in [-0.4, -0.2) is 52.7 Å². The Morgan fingerprint density at radius 3 is 2.76 bits per heavy atom. The van der Waals surface area contributed by atoms with Crippen molar-refractivity contribution >= 4 is 21.8 Å². The Hall–Kier alpha value is -0.880. The molecule has 1 aromatic rings. The lowest BCUT2D eigenvalue weighted by atomic mass is 10.2. The molecule has 0 aromatic carbocycles. The average molecular weight is 304 g/mol. The summed E-state index contributed by atoms with van der Waals surface area (Å²) < 4.78 is 6.71. The molecule has 5 nitrogen and oxygen atoms in total. The van der Waals surface area contributed by atoms with Gasteiger partial charge >= 0.3 is 0 Å². The van der Waals surface area contributed by atoms with Gasteiger partial charge in [-0.2, -0.15) is 5.10 Å². The van der Waals surface area contributed by atoms with Gasteiger partial charge in [0.05, 0.1) is 18.4 Å². The van der Waals surface area contributed by atoms with E-state index < -0.39 is 0 Å². The van der Waals surface area contributed by atoms with Crippen molar-refractivity contribution in [3.05, 3.63) is 17.5 Å². The minimum Gasteiger partial charge on any atom is -0.383 e. The van der Waals surface area contributed by atoms with E-state index in [1.165, 1.54) is 0 Å². The average Bonchev–Trinajstić information content (AvgIpc) is 2.65. The highest BCUT2D eigenvalue weighted by atomic mass is 79.9. The van der Waals surface area contributed by atoms with Crippen LogP contribution in [0.15, 0.2) is 6.20 Å². The smallest absolute Gasteiger partial charge is 0.257 e. The molecule has 96 valence electrons. The second-order valence-electron chi connectivity index (χ2n) is 3.74. The predicted molar refractivity (Wildman–Crippen MR) is 69.5 cm³/mol. The maximum absolute atomic E-state index is 12.3. The van der Waals surface area contributed by atoms with Gasteiger partial charge in [-0.05, 0) is 6.92 Å². The van der Waals surface area contributed by atoms with Crippen LogP contribution in [0.25, 0.3) is 0 Å². The summed E-state index contributed by atoms with van der Waals surface area (Å²) in [5.74, 6) is 0.00657. The second-order valence-corrected chi connectivity index (χ2v) is 4.53. The molecule has 0 saturated carbocycles. The first kappa shape index (κ1) is 14.2. The van der Waals surface area contributed by atoms with Crippen LogP contribution in [0.5, 0.6) is 0 Å². The van der Waals surface area contributed by atoms with Crippen LogP contribution in [-0.2, 0) is 11.8 Å². The molecule has 17 heavy (non-hydrogen) atoms. The van der Waals surface area contributed by atoms with E-state index in [9.17, 15) is 4.79 Å². The third-order valence-corrected chi connectivity index (χ3v) is 3.03. The van der Waals surface area contributed by atoms with Gasteiger partial charge in [0.2, 0.25) is 0 Å². The Labute approximate surface area is 110 Å². The van der Waals surface area contributed by atoms with Crippen LogP contribution in [0.4, 0.5) is 0 Å². The summed E-state index contributed by atoms with van der Waals surface area (Å²) in [6, 6.07) is 0. The number of alkyl halides is 1. The molecule has 1 amide bonds. The number of aryl methyl sites for hydroxylation is 1. The molecule has 0 spiro atoms. The fraction of sp³-hybridized carbons (Fsp3) is 0.636. The molecule has 0 unspecified atom stereocenters. The molecule has 0 bridgehead atoms. The summed E-state index contributed by atoms with van der Waals surface area (Å²) in [5.41, 5.74) is 1.54. The number of carbonyl (C=O) groups is 1. The monoisotopic (exact) mass is 303 g/mol. The number of methoxy groups -OCH3 is 1. The van der Waals surface area contributed by atoms with Crippen molar-refractivity contribution in [3.63, 3.8) is 0 Å². The van der Waals surface area contributed by atoms with Gasteiger partial charge in [0.1, 0.15) is 0 Å². The van der Waals surface area contributed by atoms with Crippen LogP contribution in [0.2, 0.25) is 0 Å². The zero-order valence-electron chi connectivity index (χ0n) is 10.4. The molecule has 0 aliphatic carbocycles. The lowest BCUT2D eigenvalue weighted by Crippen LogP contribution is -2.35. The highest BCUT2D eigenvalue weighted by molar-refractivity contribution is 9.09. The third-order valence-electron chi connectivity index (χ3n) is 2.67. The standard InChI is InChI=1S/C11H18BrN3O2/c1-9-10(8-13-14(9)2)11(16)15(5-4-12)6-7-17-3/h8H,4-7H2,1-3H3. The van der Waals surface area contributed by atoms with Crippen molar-refractivity contribution in [2.24, 2.45) is 7.05 Å². The molecule has 0 saturated heterocycles. The van der Waals surface area contributed by atoms with Crippen molar-refractivity contribution in [1.29, 1.82) is 0 Å². The SMILES string of the molecule is COCCN(CCBr)C(=O)c1cnn(C)c1C. The number of carbonyl (C=O) groups excluding carboxylic acids is 1. The quantitative estimate of drug-likeness (QED) is 0.742. The van der Waals surface area contributed by atoms with Crippen molar-refractivity contribution in [3.8, 4) is 0 Å². The number of aromatic nitrogens is 2. The van der Waals surface area contributed by atoms with Crippen LogP contribution in [0, 0.1) is 6.92 Å². The lowest BCUT2D eigenvalue weighted by molar-refractivity contribution is 0.0708. The minimum absolute atomic E-state index is 0.00657. The molecule has 0 aliphatic rings. The van der Waals surface area contributed by atoms with E-state index in [4.69, 9.17) is 4.74 Å². The highest BCUT2D eigenvalue weighted by Crippen LogP contribution is 2.09. The maximum Gasteiger partial charge on any atom is 0.257 e. The number of hydrogen-bond acceptors (Lipinski definition) is 3. The first-order valence-electron chi connectivity index (χ1n) is 5.44. The van der Waals surface area contributed by atoms with Crippen LogP contribution >= 0.6 is 15.9 Å². The zero-order valence-corrected chi connectivity index (χ0v) is 12.0. The maximum atomic E-state index is 12.3. The molecular weight excluding hydrogens is 286 g/mol. The summed E-state index contributed by atoms with van der Waals surface area (Å²) in [6.07, 6.45) is 1.62. The van der Waals surface area contributed by atoms with Gasteiger partial charge in [0, 0.05) is 38.3 Å². The molecule has 0 radical (unpaired) electrons. The van der Waals surface area contributed by atoms with Crippen molar-refractivity contribution in [1.82, 2.24) is 14.7 Å². The van der Waals surface area contributed by atoms with E-state index in [1.807, 2.05) is 14.0 Å². The van der Waals surface area contributed by atoms with E-state index >= 15 is 0 Å². The first-order valence-corrected chi connectivity index (χ1v) is 6.56. The molecule has 0 fully saturated rings. The second kappa shape index (κ2) is 6.76. The zero-order chi connectivity index (χ0) is 12.8. The number of halogens is 1. The number of rotatable bonds is 6. The Kier molecular flexibility index (Phi) is 5.64. The topological polar surface area (TPSA) is 47.4 Å². The van der Waals surface area contributed by atoms with Gasteiger partial charge in [-0.25, -0.2) is 0 Å². The Morgan fingerprint density at radius 1 is 1.59 bits per heavy atom. The lowest BCUT2D eigenvalue weighted by Gasteiger charge is -2.21. The third kappa shape index (κ3) is 3.54. The summed E-state index contributed by atoms with van der Waals surface area (Å²) >= 11 is 3.35. The fourth-order valence-corrected chi connectivity index (χ4v) is 1.93. The van der Waals surface area contributed by atoms with Crippen LogP contribution in [0.1, 0.15) is 16.1 Å². The van der Waals surface area contributed by atoms with Gasteiger partial charge in [-0.15, -0.1) is 0 Å². The van der Waals surface area contributed by atoms with Gasteiger partial charge in [0.25, 0.3) is 5.91 Å². The number of hydrogen-bond donors (Lipinski definition) is 0. The van der Waals surface area contributed by atoms with Crippen molar-refractivity contribution in [2.45, 2.75) is 6.92 Å². The molecule has 6 heteroatoms. The number of ether oxygens (including phenoxy) is 1. The summed E-state index contributed by atoms with van der Waals surface area (Å²) in [7, 11) is 3.46. The summed E-state index contributed by atoms with van der Waals surface area (Å²) in [4.78, 5) is 14.0. The van der Waals surface area contributed by atoms with Crippen molar-refractivity contribution < 1.29 is 9.53 Å². The molecule has 0 atom stereocenters. The highest BCUT2D eigenvalue weighted by Gasteiger charge is 2.19. The minimum atomic E-state index is 0.00657. The predicted octanol–water partition coefficient (Wildman–Crippen LogP) is 1.21. The normalized spacial score (nSPS) is 10.6. The van der Waals surface area contributed by atoms with E-state index in [0.717, 1.165) is 11.0 Å². The number of nitrogens with zero attached hydrogens (tertiary/aromatic N) is 3. The summed E-state index contributed by atoms with van der Waals surface area (Å²) in [5, 5.41) is 4.84. The Balaban J connectivity index is 2.80. The largest absolute Gasteiger partial charge is 0.383 e.